The lowest BCUT2D eigenvalue weighted by molar-refractivity contribution is 1.38. The summed E-state index contributed by atoms with van der Waals surface area (Å²) < 4.78 is 0. The molecule has 0 aliphatic heterocycles. The van der Waals surface area contributed by atoms with Crippen LogP contribution in [-0.4, -0.2) is 12.9 Å². The number of aliphatic imine (C=N–C) groups is 1. The molecule has 3 nitrogen and oxygen atoms in total. The van der Waals surface area contributed by atoms with E-state index in [1.54, 1.807) is 14.0 Å². The topological polar surface area (TPSA) is 73.4 Å². The van der Waals surface area contributed by atoms with E-state index in [4.69, 9.17) is 5.73 Å². The van der Waals surface area contributed by atoms with E-state index in [1.165, 1.54) is 0 Å². The summed E-state index contributed by atoms with van der Waals surface area (Å²) in [6.45, 7) is 1.75. The summed E-state index contributed by atoms with van der Waals surface area (Å²) in [5, 5.41) is 0. The van der Waals surface area contributed by atoms with E-state index in [-0.39, 0.29) is 7.58 Å². The van der Waals surface area contributed by atoms with Crippen LogP contribution < -0.4 is 11.9 Å². The Morgan fingerprint density at radius 2 is 2.00 bits per heavy atom. The zero-order chi connectivity index (χ0) is 4.28. The van der Waals surface area contributed by atoms with Crippen molar-refractivity contribution in [3.63, 3.8) is 0 Å². The second-order valence-corrected chi connectivity index (χ2v) is 0.865. The van der Waals surface area contributed by atoms with Gasteiger partial charge in [-0.15, -0.1) is 0 Å². The molecular formula is C3H13N3. The van der Waals surface area contributed by atoms with Crippen LogP contribution in [0.3, 0.4) is 0 Å². The minimum atomic E-state index is 0. The molecule has 0 spiro atoms. The van der Waals surface area contributed by atoms with Crippen LogP contribution in [0.2, 0.25) is 0 Å². The minimum absolute atomic E-state index is 0. The standard InChI is InChI=1S/C3H8N2.H3N.H2/c1-3(4)5-2;;/h1-2H3,(H2,4,5);1H3;1H. The van der Waals surface area contributed by atoms with Crippen molar-refractivity contribution in [3.05, 3.63) is 0 Å². The molecule has 6 heavy (non-hydrogen) atoms. The highest BCUT2D eigenvalue weighted by Gasteiger charge is 1.61. The Kier molecular flexibility index (Phi) is 6.69. The molecule has 0 aromatic rings. The maximum atomic E-state index is 5.04. The van der Waals surface area contributed by atoms with Crippen LogP contribution in [0.5, 0.6) is 0 Å². The van der Waals surface area contributed by atoms with Crippen LogP contribution in [0.25, 0.3) is 0 Å². The molecule has 0 aliphatic rings. The smallest absolute Gasteiger partial charge is 0.0902 e. The summed E-state index contributed by atoms with van der Waals surface area (Å²) in [5.74, 6) is 0.630. The lowest BCUT2D eigenvalue weighted by Gasteiger charge is -1.76. The molecule has 0 atom stereocenters. The monoisotopic (exact) mass is 91.1 g/mol. The molecule has 0 amide bonds. The van der Waals surface area contributed by atoms with E-state index in [0.29, 0.717) is 5.84 Å². The lowest BCUT2D eigenvalue weighted by Crippen LogP contribution is -2.03. The maximum absolute atomic E-state index is 5.04. The zero-order valence-electron chi connectivity index (χ0n) is 4.23. The van der Waals surface area contributed by atoms with Gasteiger partial charge in [0.25, 0.3) is 0 Å². The predicted molar refractivity (Wildman–Crippen MR) is 30.4 cm³/mol. The van der Waals surface area contributed by atoms with Crippen LogP contribution in [0.4, 0.5) is 0 Å². The molecule has 0 saturated carbocycles. The van der Waals surface area contributed by atoms with Crippen LogP contribution in [0.15, 0.2) is 4.99 Å². The number of amidine groups is 1. The highest BCUT2D eigenvalue weighted by molar-refractivity contribution is 5.77. The number of nitrogens with two attached hydrogens (primary N) is 1. The summed E-state index contributed by atoms with van der Waals surface area (Å²) in [5.41, 5.74) is 5.04. The Morgan fingerprint density at radius 1 is 1.83 bits per heavy atom. The van der Waals surface area contributed by atoms with Crippen molar-refractivity contribution in [1.82, 2.24) is 6.15 Å². The van der Waals surface area contributed by atoms with E-state index in [0.717, 1.165) is 0 Å². The molecule has 0 saturated heterocycles. The first-order valence-corrected chi connectivity index (χ1v) is 1.46. The van der Waals surface area contributed by atoms with Gasteiger partial charge in [0.15, 0.2) is 0 Å². The second-order valence-electron chi connectivity index (χ2n) is 0.865. The van der Waals surface area contributed by atoms with Gasteiger partial charge in [0.2, 0.25) is 0 Å². The zero-order valence-corrected chi connectivity index (χ0v) is 4.23. The Balaban J connectivity index is -0.0000000800. The Labute approximate surface area is 39.3 Å². The van der Waals surface area contributed by atoms with Gasteiger partial charge in [0.05, 0.1) is 5.84 Å². The first-order chi connectivity index (χ1) is 2.27. The Bertz CT molecular complexity index is 48.1. The Hall–Kier alpha value is -0.570. The van der Waals surface area contributed by atoms with Crippen LogP contribution in [0, 0.1) is 0 Å². The number of nitrogens with zero attached hydrogens (tertiary/aromatic N) is 1. The number of hydrogen-bond acceptors (Lipinski definition) is 2. The molecule has 0 unspecified atom stereocenters. The largest absolute Gasteiger partial charge is 0.388 e. The van der Waals surface area contributed by atoms with Gasteiger partial charge in [-0.3, -0.25) is 4.99 Å². The first-order valence-electron chi connectivity index (χ1n) is 1.46. The number of rotatable bonds is 0. The van der Waals surface area contributed by atoms with Crippen molar-refractivity contribution in [3.8, 4) is 0 Å². The highest BCUT2D eigenvalue weighted by atomic mass is 14.8. The van der Waals surface area contributed by atoms with Gasteiger partial charge < -0.3 is 11.9 Å². The van der Waals surface area contributed by atoms with Crippen molar-refractivity contribution in [2.24, 2.45) is 10.7 Å². The van der Waals surface area contributed by atoms with Crippen molar-refractivity contribution < 1.29 is 1.43 Å². The maximum Gasteiger partial charge on any atom is 0.0902 e. The molecule has 0 aromatic carbocycles. The molecular weight excluding hydrogens is 78.1 g/mol. The third kappa shape index (κ3) is 9.90. The SMILES string of the molecule is CN=C(C)N.N.[HH]. The van der Waals surface area contributed by atoms with Crippen LogP contribution >= 0.6 is 0 Å². The average molecular weight is 91.2 g/mol. The molecule has 0 rings (SSSR count). The van der Waals surface area contributed by atoms with E-state index in [9.17, 15) is 0 Å². The van der Waals surface area contributed by atoms with Crippen molar-refractivity contribution >= 4 is 5.84 Å². The van der Waals surface area contributed by atoms with Crippen molar-refractivity contribution in [1.29, 1.82) is 0 Å². The highest BCUT2D eigenvalue weighted by Crippen LogP contribution is 1.52. The third-order valence-corrected chi connectivity index (χ3v) is 0.353. The normalized spacial score (nSPS) is 10.0. The second kappa shape index (κ2) is 4.43. The molecule has 40 valence electrons. The summed E-state index contributed by atoms with van der Waals surface area (Å²) in [6.07, 6.45) is 0. The van der Waals surface area contributed by atoms with Crippen LogP contribution in [-0.2, 0) is 0 Å². The van der Waals surface area contributed by atoms with Gasteiger partial charge in [0, 0.05) is 8.47 Å². The summed E-state index contributed by atoms with van der Waals surface area (Å²) in [6, 6.07) is 0. The molecule has 0 bridgehead atoms. The molecule has 3 heteroatoms. The summed E-state index contributed by atoms with van der Waals surface area (Å²) in [4.78, 5) is 3.58. The number of hydrogen-bond donors (Lipinski definition) is 2. The van der Waals surface area contributed by atoms with Gasteiger partial charge in [-0.1, -0.05) is 0 Å². The van der Waals surface area contributed by atoms with E-state index in [2.05, 4.69) is 4.99 Å². The molecule has 0 radical (unpaired) electrons. The quantitative estimate of drug-likeness (QED) is 0.334. The fourth-order valence-corrected chi connectivity index (χ4v) is 0. The summed E-state index contributed by atoms with van der Waals surface area (Å²) in [7, 11) is 1.66. The fourth-order valence-electron chi connectivity index (χ4n) is 0. The van der Waals surface area contributed by atoms with Crippen molar-refractivity contribution in [2.75, 3.05) is 7.05 Å². The van der Waals surface area contributed by atoms with Gasteiger partial charge in [-0.2, -0.15) is 0 Å². The molecule has 0 aromatic heterocycles. The fraction of sp³-hybridized carbons (Fsp3) is 0.667. The van der Waals surface area contributed by atoms with Crippen molar-refractivity contribution in [2.45, 2.75) is 6.92 Å². The van der Waals surface area contributed by atoms with E-state index in [1.807, 2.05) is 0 Å². The van der Waals surface area contributed by atoms with Gasteiger partial charge in [-0.25, -0.2) is 0 Å². The lowest BCUT2D eigenvalue weighted by atomic mass is 10.7. The summed E-state index contributed by atoms with van der Waals surface area (Å²) >= 11 is 0. The average Bonchev–Trinajstić information content (AvgIpc) is 1.38. The Morgan fingerprint density at radius 3 is 2.00 bits per heavy atom. The van der Waals surface area contributed by atoms with Gasteiger partial charge in [0.1, 0.15) is 0 Å². The van der Waals surface area contributed by atoms with E-state index >= 15 is 0 Å². The molecule has 0 heterocycles. The first kappa shape index (κ1) is 9.06. The van der Waals surface area contributed by atoms with Crippen LogP contribution in [0.1, 0.15) is 8.35 Å². The molecule has 0 aliphatic carbocycles. The third-order valence-electron chi connectivity index (χ3n) is 0.353. The minimum Gasteiger partial charge on any atom is -0.388 e. The molecule has 0 fully saturated rings. The molecule has 5 N–H and O–H groups in total. The predicted octanol–water partition coefficient (Wildman–Crippen LogP) is 0.401. The van der Waals surface area contributed by atoms with Gasteiger partial charge in [-0.05, 0) is 6.92 Å². The van der Waals surface area contributed by atoms with E-state index < -0.39 is 0 Å². The van der Waals surface area contributed by atoms with Gasteiger partial charge >= 0.3 is 0 Å².